The summed E-state index contributed by atoms with van der Waals surface area (Å²) >= 11 is 0. The summed E-state index contributed by atoms with van der Waals surface area (Å²) in [5.41, 5.74) is 1.36. The first-order chi connectivity index (χ1) is 8.85. The van der Waals surface area contributed by atoms with Crippen LogP contribution in [-0.2, 0) is 13.1 Å². The minimum atomic E-state index is 0.740. The summed E-state index contributed by atoms with van der Waals surface area (Å²) in [6.07, 6.45) is 8.15. The van der Waals surface area contributed by atoms with Gasteiger partial charge in [-0.1, -0.05) is 6.92 Å². The largest absolute Gasteiger partial charge is 0.312 e. The van der Waals surface area contributed by atoms with Gasteiger partial charge in [-0.3, -0.25) is 9.58 Å². The van der Waals surface area contributed by atoms with Gasteiger partial charge in [0.15, 0.2) is 0 Å². The molecule has 4 nitrogen and oxygen atoms in total. The Bertz CT molecular complexity index is 373. The summed E-state index contributed by atoms with van der Waals surface area (Å²) in [6, 6.07) is 0.740. The molecule has 2 aliphatic rings. The topological polar surface area (TPSA) is 33.1 Å². The Morgan fingerprint density at radius 1 is 1.44 bits per heavy atom. The second-order valence-corrected chi connectivity index (χ2v) is 5.77. The van der Waals surface area contributed by atoms with E-state index >= 15 is 0 Å². The summed E-state index contributed by atoms with van der Waals surface area (Å²) < 4.78 is 2.07. The van der Waals surface area contributed by atoms with E-state index in [1.54, 1.807) is 0 Å². The van der Waals surface area contributed by atoms with Crippen molar-refractivity contribution in [1.82, 2.24) is 20.0 Å². The fourth-order valence-electron chi connectivity index (χ4n) is 3.36. The molecule has 4 heteroatoms. The second kappa shape index (κ2) is 5.41. The van der Waals surface area contributed by atoms with Crippen LogP contribution >= 0.6 is 0 Å². The van der Waals surface area contributed by atoms with Crippen molar-refractivity contribution in [2.75, 3.05) is 19.6 Å². The Balaban J connectivity index is 1.56. The van der Waals surface area contributed by atoms with Crippen molar-refractivity contribution < 1.29 is 0 Å². The Hall–Kier alpha value is -0.870. The SMILES string of the molecule is CCCn1cc(CN2C[C@@H]3CCCN[C@@H]3C2)cn1. The van der Waals surface area contributed by atoms with Crippen LogP contribution in [0.3, 0.4) is 0 Å². The lowest BCUT2D eigenvalue weighted by atomic mass is 9.94. The summed E-state index contributed by atoms with van der Waals surface area (Å²) in [5.74, 6) is 0.879. The van der Waals surface area contributed by atoms with Crippen LogP contribution in [0.1, 0.15) is 31.7 Å². The molecule has 3 rings (SSSR count). The summed E-state index contributed by atoms with van der Waals surface area (Å²) in [6.45, 7) is 7.98. The molecular weight excluding hydrogens is 224 g/mol. The highest BCUT2D eigenvalue weighted by molar-refractivity contribution is 5.05. The molecule has 0 bridgehead atoms. The molecule has 0 aromatic carbocycles. The number of rotatable bonds is 4. The van der Waals surface area contributed by atoms with E-state index in [0.29, 0.717) is 0 Å². The Kier molecular flexibility index (Phi) is 3.66. The van der Waals surface area contributed by atoms with Gasteiger partial charge in [-0.25, -0.2) is 0 Å². The molecule has 1 N–H and O–H groups in total. The number of nitrogens with zero attached hydrogens (tertiary/aromatic N) is 3. The maximum atomic E-state index is 4.41. The van der Waals surface area contributed by atoms with Crippen LogP contribution < -0.4 is 5.32 Å². The van der Waals surface area contributed by atoms with Gasteiger partial charge >= 0.3 is 0 Å². The molecule has 0 unspecified atom stereocenters. The van der Waals surface area contributed by atoms with Gasteiger partial charge in [-0.15, -0.1) is 0 Å². The van der Waals surface area contributed by atoms with E-state index in [9.17, 15) is 0 Å². The van der Waals surface area contributed by atoms with Crippen LogP contribution in [0, 0.1) is 5.92 Å². The monoisotopic (exact) mass is 248 g/mol. The molecule has 0 spiro atoms. The summed E-state index contributed by atoms with van der Waals surface area (Å²) in [5, 5.41) is 8.07. The van der Waals surface area contributed by atoms with Gasteiger partial charge in [0.2, 0.25) is 0 Å². The first kappa shape index (κ1) is 12.2. The zero-order valence-electron chi connectivity index (χ0n) is 11.3. The number of aromatic nitrogens is 2. The number of aryl methyl sites for hydroxylation is 1. The van der Waals surface area contributed by atoms with E-state index in [-0.39, 0.29) is 0 Å². The minimum absolute atomic E-state index is 0.740. The fourth-order valence-corrected chi connectivity index (χ4v) is 3.36. The third kappa shape index (κ3) is 2.59. The predicted molar refractivity (Wildman–Crippen MR) is 72.3 cm³/mol. The maximum Gasteiger partial charge on any atom is 0.0534 e. The van der Waals surface area contributed by atoms with E-state index in [2.05, 4.69) is 33.1 Å². The normalized spacial score (nSPS) is 28.5. The van der Waals surface area contributed by atoms with E-state index in [1.807, 2.05) is 6.20 Å². The first-order valence-corrected chi connectivity index (χ1v) is 7.32. The lowest BCUT2D eigenvalue weighted by Gasteiger charge is -2.24. The van der Waals surface area contributed by atoms with Gasteiger partial charge in [-0.05, 0) is 31.7 Å². The van der Waals surface area contributed by atoms with Crippen molar-refractivity contribution in [1.29, 1.82) is 0 Å². The van der Waals surface area contributed by atoms with Crippen molar-refractivity contribution >= 4 is 0 Å². The average Bonchev–Trinajstić information content (AvgIpc) is 2.96. The lowest BCUT2D eigenvalue weighted by Crippen LogP contribution is -2.40. The van der Waals surface area contributed by atoms with Crippen molar-refractivity contribution in [2.45, 2.75) is 45.3 Å². The molecule has 0 saturated carbocycles. The van der Waals surface area contributed by atoms with Crippen LogP contribution in [-0.4, -0.2) is 40.4 Å². The summed E-state index contributed by atoms with van der Waals surface area (Å²) in [7, 11) is 0. The van der Waals surface area contributed by atoms with E-state index in [4.69, 9.17) is 0 Å². The molecular formula is C14H24N4. The highest BCUT2D eigenvalue weighted by Gasteiger charge is 2.33. The van der Waals surface area contributed by atoms with Gasteiger partial charge < -0.3 is 5.32 Å². The molecule has 0 amide bonds. The molecule has 2 fully saturated rings. The molecule has 18 heavy (non-hydrogen) atoms. The average molecular weight is 248 g/mol. The van der Waals surface area contributed by atoms with E-state index in [0.717, 1.165) is 31.5 Å². The number of hydrogen-bond donors (Lipinski definition) is 1. The van der Waals surface area contributed by atoms with Crippen LogP contribution in [0.4, 0.5) is 0 Å². The van der Waals surface area contributed by atoms with Crippen LogP contribution in [0.25, 0.3) is 0 Å². The molecule has 2 saturated heterocycles. The highest BCUT2D eigenvalue weighted by atomic mass is 15.3. The number of hydrogen-bond acceptors (Lipinski definition) is 3. The quantitative estimate of drug-likeness (QED) is 0.876. The van der Waals surface area contributed by atoms with Gasteiger partial charge in [0, 0.05) is 44.0 Å². The van der Waals surface area contributed by atoms with Crippen LogP contribution in [0.15, 0.2) is 12.4 Å². The first-order valence-electron chi connectivity index (χ1n) is 7.32. The third-order valence-corrected chi connectivity index (χ3v) is 4.22. The molecule has 0 radical (unpaired) electrons. The number of likely N-dealkylation sites (tertiary alicyclic amines) is 1. The number of fused-ring (bicyclic) bond motifs is 1. The molecule has 2 atom stereocenters. The smallest absolute Gasteiger partial charge is 0.0534 e. The fraction of sp³-hybridized carbons (Fsp3) is 0.786. The van der Waals surface area contributed by atoms with Crippen molar-refractivity contribution in [2.24, 2.45) is 5.92 Å². The number of nitrogens with one attached hydrogen (secondary N) is 1. The molecule has 100 valence electrons. The van der Waals surface area contributed by atoms with Gasteiger partial charge in [0.1, 0.15) is 0 Å². The van der Waals surface area contributed by atoms with Crippen LogP contribution in [0.2, 0.25) is 0 Å². The van der Waals surface area contributed by atoms with Crippen molar-refractivity contribution in [3.05, 3.63) is 18.0 Å². The molecule has 2 aliphatic heterocycles. The standard InChI is InChI=1S/C14H24N4/c1-2-6-18-9-12(7-16-18)8-17-10-13-4-3-5-15-14(13)11-17/h7,9,13-15H,2-6,8,10-11H2,1H3/t13-,14+/m0/s1. The van der Waals surface area contributed by atoms with Crippen LogP contribution in [0.5, 0.6) is 0 Å². The van der Waals surface area contributed by atoms with E-state index in [1.165, 1.54) is 38.0 Å². The molecule has 1 aromatic heterocycles. The van der Waals surface area contributed by atoms with Crippen molar-refractivity contribution in [3.63, 3.8) is 0 Å². The van der Waals surface area contributed by atoms with Gasteiger partial charge in [-0.2, -0.15) is 5.10 Å². The maximum absolute atomic E-state index is 4.41. The zero-order chi connectivity index (χ0) is 12.4. The lowest BCUT2D eigenvalue weighted by molar-refractivity contribution is 0.312. The van der Waals surface area contributed by atoms with Gasteiger partial charge in [0.05, 0.1) is 6.20 Å². The second-order valence-electron chi connectivity index (χ2n) is 5.77. The number of piperidine rings is 1. The summed E-state index contributed by atoms with van der Waals surface area (Å²) in [4.78, 5) is 2.58. The van der Waals surface area contributed by atoms with Gasteiger partial charge in [0.25, 0.3) is 0 Å². The van der Waals surface area contributed by atoms with Crippen molar-refractivity contribution in [3.8, 4) is 0 Å². The van der Waals surface area contributed by atoms with E-state index < -0.39 is 0 Å². The minimum Gasteiger partial charge on any atom is -0.312 e. The molecule has 3 heterocycles. The third-order valence-electron chi connectivity index (χ3n) is 4.22. The zero-order valence-corrected chi connectivity index (χ0v) is 11.3. The Morgan fingerprint density at radius 3 is 3.22 bits per heavy atom. The Labute approximate surface area is 109 Å². The predicted octanol–water partition coefficient (Wildman–Crippen LogP) is 1.48. The molecule has 1 aromatic rings. The highest BCUT2D eigenvalue weighted by Crippen LogP contribution is 2.25. The molecule has 0 aliphatic carbocycles. The Morgan fingerprint density at radius 2 is 2.39 bits per heavy atom.